The molecule has 0 saturated heterocycles. The predicted octanol–water partition coefficient (Wildman–Crippen LogP) is 6.31. The molecule has 2 aromatic rings. The quantitative estimate of drug-likeness (QED) is 0.462. The van der Waals surface area contributed by atoms with Crippen LogP contribution in [0.15, 0.2) is 54.6 Å². The summed E-state index contributed by atoms with van der Waals surface area (Å²) in [5, 5.41) is 7.32. The summed E-state index contributed by atoms with van der Waals surface area (Å²) in [4.78, 5) is 3.28. The molecule has 0 amide bonds. The largest absolute Gasteiger partial charge is 0.297 e. The van der Waals surface area contributed by atoms with Gasteiger partial charge in [0.1, 0.15) is 0 Å². The fraction of sp³-hybridized carbons (Fsp3) is 0.458. The highest BCUT2D eigenvalue weighted by Gasteiger charge is 2.35. The second-order valence-corrected chi connectivity index (χ2v) is 8.65. The highest BCUT2D eigenvalue weighted by atomic mass is 79.9. The predicted molar refractivity (Wildman–Crippen MR) is 118 cm³/mol. The van der Waals surface area contributed by atoms with Gasteiger partial charge in [-0.1, -0.05) is 70.5 Å². The van der Waals surface area contributed by atoms with Crippen molar-refractivity contribution < 1.29 is 0 Å². The molecule has 0 N–H and O–H groups in total. The molecule has 2 nitrogen and oxygen atoms in total. The lowest BCUT2D eigenvalue weighted by atomic mass is 10.0. The molecule has 2 atom stereocenters. The number of nitriles is 1. The van der Waals surface area contributed by atoms with E-state index in [-0.39, 0.29) is 0 Å². The summed E-state index contributed by atoms with van der Waals surface area (Å²) in [6, 6.07) is 22.4. The normalized spacial score (nSPS) is 18.0. The molecule has 0 bridgehead atoms. The first-order valence-electron chi connectivity index (χ1n) is 9.86. The molecule has 3 rings (SSSR count). The number of nitrogens with zero attached hydrogens (tertiary/aromatic N) is 2. The Bertz CT molecular complexity index is 703. The van der Waals surface area contributed by atoms with Crippen LogP contribution in [0, 0.1) is 11.3 Å². The summed E-state index contributed by atoms with van der Waals surface area (Å²) in [5.41, 5.74) is 4.37. The van der Waals surface area contributed by atoms with Crippen molar-refractivity contribution in [3.63, 3.8) is 0 Å². The van der Waals surface area contributed by atoms with E-state index in [4.69, 9.17) is 5.26 Å². The van der Waals surface area contributed by atoms with Gasteiger partial charge in [0.05, 0.1) is 6.07 Å². The lowest BCUT2D eigenvalue weighted by Gasteiger charge is -2.26. The summed E-state index contributed by atoms with van der Waals surface area (Å²) in [6.45, 7) is 8.22. The molecular formula is C24H31BrN2. The number of alkyl halides is 1. The Balaban J connectivity index is 0.000000817. The average molecular weight is 427 g/mol. The van der Waals surface area contributed by atoms with Crippen LogP contribution in [0.2, 0.25) is 0 Å². The molecule has 1 fully saturated rings. The van der Waals surface area contributed by atoms with Crippen LogP contribution in [0.5, 0.6) is 0 Å². The van der Waals surface area contributed by atoms with E-state index >= 15 is 0 Å². The van der Waals surface area contributed by atoms with Gasteiger partial charge in [0, 0.05) is 24.3 Å². The molecule has 0 spiro atoms. The number of hydrogen-bond acceptors (Lipinski definition) is 2. The van der Waals surface area contributed by atoms with Crippen molar-refractivity contribution in [2.24, 2.45) is 0 Å². The molecule has 27 heavy (non-hydrogen) atoms. The molecule has 0 radical (unpaired) electrons. The molecular weight excluding hydrogens is 396 g/mol. The maximum Gasteiger partial charge on any atom is 0.0587 e. The highest BCUT2D eigenvalue weighted by molar-refractivity contribution is 9.09. The van der Waals surface area contributed by atoms with Crippen molar-refractivity contribution in [3.05, 3.63) is 71.3 Å². The summed E-state index contributed by atoms with van der Waals surface area (Å²) >= 11 is 3.70. The third-order valence-corrected chi connectivity index (χ3v) is 6.00. The Labute approximate surface area is 173 Å². The van der Waals surface area contributed by atoms with E-state index in [9.17, 15) is 0 Å². The molecule has 0 heterocycles. The molecule has 1 aliphatic carbocycles. The van der Waals surface area contributed by atoms with Crippen LogP contribution < -0.4 is 0 Å². The van der Waals surface area contributed by atoms with E-state index in [0.29, 0.717) is 10.9 Å². The van der Waals surface area contributed by atoms with Crippen molar-refractivity contribution in [1.29, 1.82) is 5.26 Å². The van der Waals surface area contributed by atoms with Gasteiger partial charge in [-0.15, -0.1) is 0 Å². The smallest absolute Gasteiger partial charge is 0.0587 e. The second kappa shape index (κ2) is 11.3. The fourth-order valence-corrected chi connectivity index (χ4v) is 3.97. The minimum Gasteiger partial charge on any atom is -0.297 e. The minimum atomic E-state index is 0.582. The molecule has 144 valence electrons. The molecule has 2 unspecified atom stereocenters. The fourth-order valence-electron chi connectivity index (χ4n) is 3.26. The number of hydrogen-bond donors (Lipinski definition) is 0. The molecule has 3 heteroatoms. The first-order valence-corrected chi connectivity index (χ1v) is 10.8. The van der Waals surface area contributed by atoms with Gasteiger partial charge in [0.25, 0.3) is 0 Å². The molecule has 0 aliphatic heterocycles. The van der Waals surface area contributed by atoms with Gasteiger partial charge in [-0.25, -0.2) is 0 Å². The van der Waals surface area contributed by atoms with Crippen LogP contribution in [0.3, 0.4) is 0 Å². The van der Waals surface area contributed by atoms with Crippen LogP contribution in [0.4, 0.5) is 0 Å². The van der Waals surface area contributed by atoms with E-state index in [1.165, 1.54) is 42.9 Å². The highest BCUT2D eigenvalue weighted by Crippen LogP contribution is 2.46. The number of rotatable bonds is 8. The van der Waals surface area contributed by atoms with Crippen molar-refractivity contribution in [2.75, 3.05) is 6.54 Å². The number of benzene rings is 2. The van der Waals surface area contributed by atoms with E-state index in [1.807, 2.05) is 0 Å². The molecule has 0 aromatic heterocycles. The van der Waals surface area contributed by atoms with Gasteiger partial charge in [0.2, 0.25) is 0 Å². The lowest BCUT2D eigenvalue weighted by molar-refractivity contribution is 0.210. The third kappa shape index (κ3) is 7.48. The zero-order chi connectivity index (χ0) is 19.6. The van der Waals surface area contributed by atoms with Gasteiger partial charge >= 0.3 is 0 Å². The molecule has 1 saturated carbocycles. The van der Waals surface area contributed by atoms with Gasteiger partial charge < -0.3 is 0 Å². The lowest BCUT2D eigenvalue weighted by Crippen LogP contribution is -2.31. The van der Waals surface area contributed by atoms with Gasteiger partial charge in [0.15, 0.2) is 0 Å². The summed E-state index contributed by atoms with van der Waals surface area (Å²) in [6.07, 6.45) is 3.68. The summed E-state index contributed by atoms with van der Waals surface area (Å²) < 4.78 is 0. The topological polar surface area (TPSA) is 27.0 Å². The Kier molecular flexibility index (Phi) is 9.04. The summed E-state index contributed by atoms with van der Waals surface area (Å²) in [5.74, 6) is 0.751. The minimum absolute atomic E-state index is 0.582. The zero-order valence-electron chi connectivity index (χ0n) is 16.7. The molecule has 1 aliphatic rings. The Morgan fingerprint density at radius 3 is 2.19 bits per heavy atom. The Hall–Kier alpha value is -1.63. The first-order chi connectivity index (χ1) is 13.0. The van der Waals surface area contributed by atoms with Crippen LogP contribution in [-0.4, -0.2) is 22.3 Å². The van der Waals surface area contributed by atoms with Crippen molar-refractivity contribution >= 4 is 15.9 Å². The van der Waals surface area contributed by atoms with E-state index in [2.05, 4.69) is 89.3 Å². The second-order valence-electron chi connectivity index (χ2n) is 7.48. The van der Waals surface area contributed by atoms with Crippen LogP contribution in [-0.2, 0) is 13.0 Å². The SMILES string of the molecule is CC#N.CC(C)N(CCCc1ccc(C2CC2Br)cc1)Cc1ccccc1. The van der Waals surface area contributed by atoms with Crippen molar-refractivity contribution in [2.45, 2.75) is 63.4 Å². The van der Waals surface area contributed by atoms with Crippen molar-refractivity contribution in [1.82, 2.24) is 4.90 Å². The third-order valence-electron chi connectivity index (χ3n) is 4.99. The van der Waals surface area contributed by atoms with E-state index < -0.39 is 0 Å². The van der Waals surface area contributed by atoms with Crippen LogP contribution in [0.25, 0.3) is 0 Å². The monoisotopic (exact) mass is 426 g/mol. The number of halogens is 1. The van der Waals surface area contributed by atoms with Crippen molar-refractivity contribution in [3.8, 4) is 6.07 Å². The Morgan fingerprint density at radius 1 is 1.07 bits per heavy atom. The van der Waals surface area contributed by atoms with Gasteiger partial charge in [-0.2, -0.15) is 5.26 Å². The average Bonchev–Trinajstić information content (AvgIpc) is 3.39. The molecule has 2 aromatic carbocycles. The number of aryl methyl sites for hydroxylation is 1. The standard InChI is InChI=1S/C22H28BrN.C2H3N/c1-17(2)24(16-19-7-4-3-5-8-19)14-6-9-18-10-12-20(13-11-18)21-15-22(21)23;1-2-3/h3-5,7-8,10-13,17,21-22H,6,9,14-16H2,1-2H3;1H3. The summed E-state index contributed by atoms with van der Waals surface area (Å²) in [7, 11) is 0. The van der Waals surface area contributed by atoms with E-state index in [1.54, 1.807) is 6.07 Å². The van der Waals surface area contributed by atoms with E-state index in [0.717, 1.165) is 19.0 Å². The van der Waals surface area contributed by atoms with Crippen LogP contribution in [0.1, 0.15) is 56.2 Å². The first kappa shape index (κ1) is 21.7. The van der Waals surface area contributed by atoms with Gasteiger partial charge in [-0.3, -0.25) is 4.90 Å². The maximum atomic E-state index is 7.32. The van der Waals surface area contributed by atoms with Crippen LogP contribution >= 0.6 is 15.9 Å². The zero-order valence-corrected chi connectivity index (χ0v) is 18.3. The maximum absolute atomic E-state index is 7.32. The van der Waals surface area contributed by atoms with Gasteiger partial charge in [-0.05, 0) is 62.3 Å². The Morgan fingerprint density at radius 2 is 1.67 bits per heavy atom.